The van der Waals surface area contributed by atoms with Crippen molar-refractivity contribution >= 4 is 33.5 Å². The Morgan fingerprint density at radius 3 is 2.61 bits per heavy atom. The molecule has 0 radical (unpaired) electrons. The smallest absolute Gasteiger partial charge is 0.349 e. The number of nitrogens with zero attached hydrogens (tertiary/aromatic N) is 2. The molecule has 0 bridgehead atoms. The van der Waals surface area contributed by atoms with Gasteiger partial charge in [0, 0.05) is 0 Å². The van der Waals surface area contributed by atoms with Crippen molar-refractivity contribution in [3.05, 3.63) is 63.0 Å². The Kier molecular flexibility index (Phi) is 7.57. The molecule has 1 atom stereocenters. The molecule has 2 aromatic heterocycles. The second-order valence-corrected chi connectivity index (χ2v) is 8.30. The number of thiophene rings is 1. The lowest BCUT2D eigenvalue weighted by atomic mass is 10.2. The molecule has 1 unspecified atom stereocenters. The first-order valence-corrected chi connectivity index (χ1v) is 11.1. The fourth-order valence-electron chi connectivity index (χ4n) is 3.16. The van der Waals surface area contributed by atoms with Gasteiger partial charge < -0.3 is 9.47 Å². The fourth-order valence-corrected chi connectivity index (χ4v) is 4.19. The van der Waals surface area contributed by atoms with Gasteiger partial charge in [0.25, 0.3) is 5.56 Å². The Balaban J connectivity index is 1.79. The van der Waals surface area contributed by atoms with E-state index in [9.17, 15) is 14.4 Å². The van der Waals surface area contributed by atoms with Gasteiger partial charge in [-0.05, 0) is 31.4 Å². The van der Waals surface area contributed by atoms with Gasteiger partial charge in [-0.15, -0.1) is 11.3 Å². The highest BCUT2D eigenvalue weighted by molar-refractivity contribution is 7.20. The van der Waals surface area contributed by atoms with E-state index in [4.69, 9.17) is 9.47 Å². The molecule has 2 heterocycles. The summed E-state index contributed by atoms with van der Waals surface area (Å²) in [7, 11) is 0. The van der Waals surface area contributed by atoms with E-state index >= 15 is 0 Å². The van der Waals surface area contributed by atoms with E-state index in [1.165, 1.54) is 10.9 Å². The average molecular weight is 443 g/mol. The van der Waals surface area contributed by atoms with Gasteiger partial charge in [-0.3, -0.25) is 9.36 Å². The van der Waals surface area contributed by atoms with Crippen LogP contribution in [-0.2, 0) is 20.9 Å². The van der Waals surface area contributed by atoms with Crippen LogP contribution >= 0.6 is 11.3 Å². The van der Waals surface area contributed by atoms with Gasteiger partial charge in [-0.25, -0.2) is 14.6 Å². The maximum Gasteiger partial charge on any atom is 0.349 e. The summed E-state index contributed by atoms with van der Waals surface area (Å²) < 4.78 is 11.9. The molecule has 3 rings (SSSR count). The predicted octanol–water partition coefficient (Wildman–Crippen LogP) is 4.42. The Bertz CT molecular complexity index is 1120. The molecule has 0 spiro atoms. The fraction of sp³-hybridized carbons (Fsp3) is 0.391. The first-order chi connectivity index (χ1) is 14.9. The predicted molar refractivity (Wildman–Crippen MR) is 119 cm³/mol. The van der Waals surface area contributed by atoms with Crippen LogP contribution in [0.25, 0.3) is 10.2 Å². The number of aryl methyl sites for hydroxylation is 1. The first kappa shape index (κ1) is 22.7. The third kappa shape index (κ3) is 5.19. The topological polar surface area (TPSA) is 87.5 Å². The van der Waals surface area contributed by atoms with Crippen LogP contribution in [0.2, 0.25) is 0 Å². The summed E-state index contributed by atoms with van der Waals surface area (Å²) in [5, 5.41) is 0.324. The lowest BCUT2D eigenvalue weighted by Gasteiger charge is -2.14. The average Bonchev–Trinajstić information content (AvgIpc) is 3.12. The minimum atomic E-state index is -0.807. The van der Waals surface area contributed by atoms with E-state index in [0.717, 1.165) is 36.2 Å². The largest absolute Gasteiger partial charge is 0.464 e. The molecule has 0 N–H and O–H groups in total. The Morgan fingerprint density at radius 1 is 1.16 bits per heavy atom. The van der Waals surface area contributed by atoms with Crippen LogP contribution in [0.5, 0.6) is 0 Å². The second kappa shape index (κ2) is 10.3. The van der Waals surface area contributed by atoms with Crippen LogP contribution in [-0.4, -0.2) is 28.1 Å². The van der Waals surface area contributed by atoms with E-state index < -0.39 is 18.0 Å². The normalized spacial score (nSPS) is 12.0. The van der Waals surface area contributed by atoms with Crippen molar-refractivity contribution in [2.45, 2.75) is 52.7 Å². The number of unbranched alkanes of at least 4 members (excludes halogenated alkanes) is 2. The van der Waals surface area contributed by atoms with Gasteiger partial charge in [0.1, 0.15) is 22.4 Å². The minimum absolute atomic E-state index is 0.145. The quantitative estimate of drug-likeness (QED) is 0.360. The van der Waals surface area contributed by atoms with Crippen LogP contribution < -0.4 is 5.56 Å². The highest BCUT2D eigenvalue weighted by atomic mass is 32.1. The van der Waals surface area contributed by atoms with Crippen molar-refractivity contribution in [2.75, 3.05) is 6.61 Å². The monoisotopic (exact) mass is 442 g/mol. The Labute approximate surface area is 184 Å². The lowest BCUT2D eigenvalue weighted by molar-refractivity contribution is -0.147. The van der Waals surface area contributed by atoms with Crippen LogP contribution in [0.1, 0.15) is 60.0 Å². The number of rotatable bonds is 9. The van der Waals surface area contributed by atoms with Crippen molar-refractivity contribution in [2.24, 2.45) is 0 Å². The molecule has 0 fully saturated rings. The van der Waals surface area contributed by atoms with Gasteiger partial charge >= 0.3 is 11.9 Å². The number of hydrogen-bond donors (Lipinski definition) is 0. The number of carbonyl (C=O) groups excluding carboxylic acids is 2. The van der Waals surface area contributed by atoms with Crippen molar-refractivity contribution in [1.29, 1.82) is 0 Å². The SMILES string of the molecule is CCCCCOC(=O)C(C)n1cnc2sc(C(=O)OCc3ccccc3)c(C)c2c1=O. The number of benzene rings is 1. The second-order valence-electron chi connectivity index (χ2n) is 7.31. The molecule has 0 amide bonds. The van der Waals surface area contributed by atoms with Gasteiger partial charge in [-0.2, -0.15) is 0 Å². The number of esters is 2. The number of aromatic nitrogens is 2. The van der Waals surface area contributed by atoms with E-state index in [-0.39, 0.29) is 12.2 Å². The molecule has 0 aliphatic rings. The summed E-state index contributed by atoms with van der Waals surface area (Å²) in [5.41, 5.74) is 1.01. The Hall–Kier alpha value is -3.00. The summed E-state index contributed by atoms with van der Waals surface area (Å²) in [5.74, 6) is -0.978. The van der Waals surface area contributed by atoms with E-state index in [1.807, 2.05) is 30.3 Å². The van der Waals surface area contributed by atoms with Crippen molar-refractivity contribution < 1.29 is 19.1 Å². The zero-order valence-electron chi connectivity index (χ0n) is 17.9. The van der Waals surface area contributed by atoms with Gasteiger partial charge in [0.05, 0.1) is 18.3 Å². The maximum atomic E-state index is 13.1. The molecule has 1 aromatic carbocycles. The number of carbonyl (C=O) groups is 2. The van der Waals surface area contributed by atoms with Gasteiger partial charge in [0.2, 0.25) is 0 Å². The lowest BCUT2D eigenvalue weighted by Crippen LogP contribution is -2.29. The summed E-state index contributed by atoms with van der Waals surface area (Å²) in [6.07, 6.45) is 4.13. The van der Waals surface area contributed by atoms with Crippen molar-refractivity contribution in [1.82, 2.24) is 9.55 Å². The molecular weight excluding hydrogens is 416 g/mol. The summed E-state index contributed by atoms with van der Waals surface area (Å²) in [6, 6.07) is 8.56. The molecule has 0 saturated carbocycles. The zero-order chi connectivity index (χ0) is 22.4. The molecule has 7 nitrogen and oxygen atoms in total. The highest BCUT2D eigenvalue weighted by Crippen LogP contribution is 2.28. The summed E-state index contributed by atoms with van der Waals surface area (Å²) in [6.45, 7) is 5.84. The molecule has 0 aliphatic heterocycles. The molecule has 31 heavy (non-hydrogen) atoms. The molecule has 164 valence electrons. The van der Waals surface area contributed by atoms with Crippen molar-refractivity contribution in [3.8, 4) is 0 Å². The number of hydrogen-bond acceptors (Lipinski definition) is 7. The van der Waals surface area contributed by atoms with E-state index in [1.54, 1.807) is 13.8 Å². The molecule has 0 aliphatic carbocycles. The van der Waals surface area contributed by atoms with Crippen LogP contribution in [0.3, 0.4) is 0 Å². The van der Waals surface area contributed by atoms with Crippen molar-refractivity contribution in [3.63, 3.8) is 0 Å². The first-order valence-electron chi connectivity index (χ1n) is 10.3. The number of ether oxygens (including phenoxy) is 2. The summed E-state index contributed by atoms with van der Waals surface area (Å²) in [4.78, 5) is 43.1. The third-order valence-corrected chi connectivity index (χ3v) is 6.20. The maximum absolute atomic E-state index is 13.1. The Morgan fingerprint density at radius 2 is 1.90 bits per heavy atom. The van der Waals surface area contributed by atoms with Crippen LogP contribution in [0.15, 0.2) is 41.5 Å². The molecule has 0 saturated heterocycles. The van der Waals surface area contributed by atoms with Gasteiger partial charge in [-0.1, -0.05) is 50.1 Å². The molecular formula is C23H26N2O5S. The van der Waals surface area contributed by atoms with Crippen LogP contribution in [0.4, 0.5) is 0 Å². The minimum Gasteiger partial charge on any atom is -0.464 e. The van der Waals surface area contributed by atoms with Crippen LogP contribution in [0, 0.1) is 6.92 Å². The van der Waals surface area contributed by atoms with E-state index in [2.05, 4.69) is 11.9 Å². The highest BCUT2D eigenvalue weighted by Gasteiger charge is 2.24. The zero-order valence-corrected chi connectivity index (χ0v) is 18.7. The number of fused-ring (bicyclic) bond motifs is 1. The molecule has 3 aromatic rings. The summed E-state index contributed by atoms with van der Waals surface area (Å²) >= 11 is 1.11. The molecule has 8 heteroatoms. The van der Waals surface area contributed by atoms with Gasteiger partial charge in [0.15, 0.2) is 0 Å². The van der Waals surface area contributed by atoms with E-state index in [0.29, 0.717) is 27.3 Å². The third-order valence-electron chi connectivity index (χ3n) is 5.02. The standard InChI is InChI=1S/C23H26N2O5S/c1-4-5-9-12-29-22(27)16(3)25-14-24-20-18(21(25)26)15(2)19(31-20)23(28)30-13-17-10-7-6-8-11-17/h6-8,10-11,14,16H,4-5,9,12-13H2,1-3H3.